The van der Waals surface area contributed by atoms with Gasteiger partial charge in [0, 0.05) is 7.05 Å². The van der Waals surface area contributed by atoms with E-state index in [9.17, 15) is 4.79 Å². The number of imidazole rings is 1. The summed E-state index contributed by atoms with van der Waals surface area (Å²) in [6.07, 6.45) is 1.61. The van der Waals surface area contributed by atoms with Crippen LogP contribution in [-0.4, -0.2) is 19.5 Å². The van der Waals surface area contributed by atoms with Gasteiger partial charge in [-0.05, 0) is 15.9 Å². The normalized spacial score (nSPS) is 10.8. The minimum atomic E-state index is -0.395. The number of fused-ring (bicyclic) bond motifs is 1. The number of halogens is 1. The van der Waals surface area contributed by atoms with Gasteiger partial charge < -0.3 is 4.57 Å². The molecule has 0 aliphatic carbocycles. The van der Waals surface area contributed by atoms with E-state index in [1.165, 1.54) is 0 Å². The molecule has 0 aliphatic heterocycles. The van der Waals surface area contributed by atoms with Gasteiger partial charge >= 0.3 is 5.69 Å². The molecule has 2 aromatic heterocycles. The predicted octanol–water partition coefficient (Wildman–Crippen LogP) is 0.419. The van der Waals surface area contributed by atoms with Crippen LogP contribution in [0.3, 0.4) is 0 Å². The largest absolute Gasteiger partial charge is 0.347 e. The third-order valence-electron chi connectivity index (χ3n) is 1.55. The molecule has 0 bridgehead atoms. The van der Waals surface area contributed by atoms with Gasteiger partial charge in [-0.2, -0.15) is 4.98 Å². The molecule has 0 unspecified atom stereocenters. The number of aryl methyl sites for hydroxylation is 1. The van der Waals surface area contributed by atoms with E-state index in [0.717, 1.165) is 5.52 Å². The van der Waals surface area contributed by atoms with Gasteiger partial charge in [-0.1, -0.05) is 0 Å². The van der Waals surface area contributed by atoms with E-state index in [4.69, 9.17) is 0 Å². The van der Waals surface area contributed by atoms with Gasteiger partial charge in [0.2, 0.25) is 0 Å². The van der Waals surface area contributed by atoms with Crippen molar-refractivity contribution in [1.82, 2.24) is 19.5 Å². The summed E-state index contributed by atoms with van der Waals surface area (Å²) in [5, 5.41) is 0. The summed E-state index contributed by atoms with van der Waals surface area (Å²) in [6, 6.07) is 0. The fraction of sp³-hybridized carbons (Fsp3) is 0.167. The Labute approximate surface area is 75.6 Å². The number of aromatic nitrogens is 4. The SMILES string of the molecule is Cn1cnc2nc(=O)[nH]c(Br)c21. The summed E-state index contributed by atoms with van der Waals surface area (Å²) in [6.45, 7) is 0. The van der Waals surface area contributed by atoms with Crippen LogP contribution in [0, 0.1) is 0 Å². The highest BCUT2D eigenvalue weighted by Crippen LogP contribution is 2.15. The molecule has 0 aromatic carbocycles. The molecule has 62 valence electrons. The zero-order chi connectivity index (χ0) is 8.72. The first-order valence-electron chi connectivity index (χ1n) is 3.25. The van der Waals surface area contributed by atoms with E-state index in [1.54, 1.807) is 10.9 Å². The van der Waals surface area contributed by atoms with Crippen LogP contribution in [0.1, 0.15) is 0 Å². The number of hydrogen-bond donors (Lipinski definition) is 1. The second kappa shape index (κ2) is 2.41. The minimum Gasteiger partial charge on any atom is -0.330 e. The summed E-state index contributed by atoms with van der Waals surface area (Å²) in [5.74, 6) is 0. The van der Waals surface area contributed by atoms with Gasteiger partial charge in [-0.25, -0.2) is 9.78 Å². The summed E-state index contributed by atoms with van der Waals surface area (Å²) in [5.41, 5.74) is 0.843. The Morgan fingerprint density at radius 3 is 3.17 bits per heavy atom. The molecule has 2 rings (SSSR count). The lowest BCUT2D eigenvalue weighted by atomic mass is 10.5. The highest BCUT2D eigenvalue weighted by Gasteiger charge is 2.05. The maximum atomic E-state index is 10.9. The molecule has 0 radical (unpaired) electrons. The molecule has 0 aliphatic rings. The highest BCUT2D eigenvalue weighted by atomic mass is 79.9. The Morgan fingerprint density at radius 2 is 2.42 bits per heavy atom. The van der Waals surface area contributed by atoms with Crippen molar-refractivity contribution in [3.8, 4) is 0 Å². The van der Waals surface area contributed by atoms with E-state index >= 15 is 0 Å². The minimum absolute atomic E-state index is 0.395. The van der Waals surface area contributed by atoms with Crippen molar-refractivity contribution in [2.24, 2.45) is 7.05 Å². The van der Waals surface area contributed by atoms with Gasteiger partial charge in [-0.3, -0.25) is 4.98 Å². The summed E-state index contributed by atoms with van der Waals surface area (Å²) in [4.78, 5) is 21.0. The van der Waals surface area contributed by atoms with Crippen LogP contribution in [0.5, 0.6) is 0 Å². The van der Waals surface area contributed by atoms with Crippen molar-refractivity contribution in [2.45, 2.75) is 0 Å². The third-order valence-corrected chi connectivity index (χ3v) is 2.12. The lowest BCUT2D eigenvalue weighted by molar-refractivity contribution is 0.938. The van der Waals surface area contributed by atoms with Crippen molar-refractivity contribution < 1.29 is 0 Å². The Balaban J connectivity index is 3.02. The van der Waals surface area contributed by atoms with Crippen molar-refractivity contribution in [1.29, 1.82) is 0 Å². The average molecular weight is 229 g/mol. The quantitative estimate of drug-likeness (QED) is 0.666. The van der Waals surface area contributed by atoms with Crippen LogP contribution in [0.15, 0.2) is 15.7 Å². The second-order valence-electron chi connectivity index (χ2n) is 2.38. The Kier molecular flexibility index (Phi) is 1.50. The molecule has 0 spiro atoms. The van der Waals surface area contributed by atoms with E-state index in [2.05, 4.69) is 30.9 Å². The smallest absolute Gasteiger partial charge is 0.330 e. The van der Waals surface area contributed by atoms with Crippen LogP contribution >= 0.6 is 15.9 Å². The van der Waals surface area contributed by atoms with Gasteiger partial charge in [-0.15, -0.1) is 0 Å². The lowest BCUT2D eigenvalue weighted by Gasteiger charge is -1.94. The molecule has 6 heteroatoms. The molecular weight excluding hydrogens is 224 g/mol. The van der Waals surface area contributed by atoms with Crippen molar-refractivity contribution in [3.05, 3.63) is 21.4 Å². The number of aromatic amines is 1. The van der Waals surface area contributed by atoms with Gasteiger partial charge in [0.25, 0.3) is 0 Å². The maximum absolute atomic E-state index is 10.9. The first-order valence-corrected chi connectivity index (χ1v) is 4.04. The van der Waals surface area contributed by atoms with Crippen molar-refractivity contribution in [3.63, 3.8) is 0 Å². The topological polar surface area (TPSA) is 63.6 Å². The summed E-state index contributed by atoms with van der Waals surface area (Å²) < 4.78 is 2.39. The van der Waals surface area contributed by atoms with Gasteiger partial charge in [0.05, 0.1) is 6.33 Å². The first-order chi connectivity index (χ1) is 5.68. The fourth-order valence-corrected chi connectivity index (χ4v) is 1.66. The zero-order valence-electron chi connectivity index (χ0n) is 6.21. The molecular formula is C6H5BrN4O. The van der Waals surface area contributed by atoms with Gasteiger partial charge in [0.1, 0.15) is 10.1 Å². The molecule has 0 atom stereocenters. The molecule has 0 saturated carbocycles. The fourth-order valence-electron chi connectivity index (χ4n) is 1.03. The molecule has 5 nitrogen and oxygen atoms in total. The number of H-pyrrole nitrogens is 1. The summed E-state index contributed by atoms with van der Waals surface area (Å²) in [7, 11) is 1.83. The van der Waals surface area contributed by atoms with Crippen LogP contribution in [0.4, 0.5) is 0 Å². The lowest BCUT2D eigenvalue weighted by Crippen LogP contribution is -2.10. The van der Waals surface area contributed by atoms with Crippen molar-refractivity contribution >= 4 is 27.1 Å². The van der Waals surface area contributed by atoms with Crippen LogP contribution in [0.25, 0.3) is 11.2 Å². The Bertz CT molecular complexity index is 486. The maximum Gasteiger partial charge on any atom is 0.347 e. The zero-order valence-corrected chi connectivity index (χ0v) is 7.79. The van der Waals surface area contributed by atoms with Crippen molar-refractivity contribution in [2.75, 3.05) is 0 Å². The van der Waals surface area contributed by atoms with E-state index in [-0.39, 0.29) is 0 Å². The monoisotopic (exact) mass is 228 g/mol. The highest BCUT2D eigenvalue weighted by molar-refractivity contribution is 9.10. The average Bonchev–Trinajstić information content (AvgIpc) is 2.31. The van der Waals surface area contributed by atoms with Crippen LogP contribution in [-0.2, 0) is 7.05 Å². The molecule has 0 amide bonds. The van der Waals surface area contributed by atoms with E-state index in [0.29, 0.717) is 10.3 Å². The van der Waals surface area contributed by atoms with Crippen LogP contribution in [0.2, 0.25) is 0 Å². The van der Waals surface area contributed by atoms with Gasteiger partial charge in [0.15, 0.2) is 5.65 Å². The molecule has 2 heterocycles. The second-order valence-corrected chi connectivity index (χ2v) is 3.18. The first kappa shape index (κ1) is 7.48. The predicted molar refractivity (Wildman–Crippen MR) is 46.8 cm³/mol. The standard InChI is InChI=1S/C6H5BrN4O/c1-11-2-8-5-3(11)4(7)9-6(12)10-5/h2H,1H3,(H,9,10,12). The molecule has 12 heavy (non-hydrogen) atoms. The summed E-state index contributed by atoms with van der Waals surface area (Å²) >= 11 is 3.22. The number of rotatable bonds is 0. The Morgan fingerprint density at radius 1 is 1.67 bits per heavy atom. The third kappa shape index (κ3) is 0.953. The number of nitrogens with one attached hydrogen (secondary N) is 1. The molecule has 2 aromatic rings. The molecule has 0 fully saturated rings. The number of nitrogens with zero attached hydrogens (tertiary/aromatic N) is 3. The van der Waals surface area contributed by atoms with E-state index in [1.807, 2.05) is 7.05 Å². The molecule has 0 saturated heterocycles. The van der Waals surface area contributed by atoms with Crippen LogP contribution < -0.4 is 5.69 Å². The Hall–Kier alpha value is -1.17. The number of hydrogen-bond acceptors (Lipinski definition) is 3. The molecule has 1 N–H and O–H groups in total. The van der Waals surface area contributed by atoms with E-state index < -0.39 is 5.69 Å².